The number of nitrogens with one attached hydrogen (secondary N) is 2. The summed E-state index contributed by atoms with van der Waals surface area (Å²) in [5.41, 5.74) is 0.559. The van der Waals surface area contributed by atoms with E-state index in [9.17, 15) is 0 Å². The summed E-state index contributed by atoms with van der Waals surface area (Å²) >= 11 is 24.0. The molecule has 2 aromatic rings. The smallest absolute Gasteiger partial charge is 0.224 e. The van der Waals surface area contributed by atoms with Gasteiger partial charge < -0.3 is 10.6 Å². The Kier molecular flexibility index (Phi) is 5.16. The summed E-state index contributed by atoms with van der Waals surface area (Å²) in [6.45, 7) is 2.65. The third-order valence-electron chi connectivity index (χ3n) is 2.34. The molecule has 1 heterocycles. The number of hydrogen-bond acceptors (Lipinski definition) is 4. The molecule has 0 saturated carbocycles. The van der Waals surface area contributed by atoms with E-state index >= 15 is 0 Å². The number of rotatable bonds is 4. The molecule has 1 aromatic carbocycles. The first-order valence-corrected chi connectivity index (χ1v) is 7.20. The van der Waals surface area contributed by atoms with E-state index in [4.69, 9.17) is 46.4 Å². The Morgan fingerprint density at radius 3 is 2.40 bits per heavy atom. The zero-order valence-electron chi connectivity index (χ0n) is 10.3. The van der Waals surface area contributed by atoms with E-state index in [0.717, 1.165) is 0 Å². The number of hydrogen-bond donors (Lipinski definition) is 2. The van der Waals surface area contributed by atoms with Gasteiger partial charge in [-0.05, 0) is 19.1 Å². The molecule has 0 aliphatic rings. The monoisotopic (exact) mass is 350 g/mol. The van der Waals surface area contributed by atoms with Crippen molar-refractivity contribution < 1.29 is 0 Å². The van der Waals surface area contributed by atoms with Gasteiger partial charge in [0.05, 0.1) is 27.0 Å². The first-order chi connectivity index (χ1) is 9.51. The van der Waals surface area contributed by atoms with E-state index in [1.54, 1.807) is 12.1 Å². The third-order valence-corrected chi connectivity index (χ3v) is 3.65. The molecule has 0 bridgehead atoms. The van der Waals surface area contributed by atoms with E-state index in [1.807, 2.05) is 6.92 Å². The van der Waals surface area contributed by atoms with Crippen LogP contribution in [0.4, 0.5) is 17.5 Å². The van der Waals surface area contributed by atoms with Crippen molar-refractivity contribution in [3.8, 4) is 0 Å². The fourth-order valence-electron chi connectivity index (χ4n) is 1.44. The van der Waals surface area contributed by atoms with Crippen molar-refractivity contribution in [3.05, 3.63) is 38.4 Å². The number of anilines is 3. The quantitative estimate of drug-likeness (QED) is 0.737. The second kappa shape index (κ2) is 6.68. The first kappa shape index (κ1) is 15.4. The van der Waals surface area contributed by atoms with Crippen molar-refractivity contribution in [2.75, 3.05) is 17.2 Å². The highest BCUT2D eigenvalue weighted by molar-refractivity contribution is 6.44. The van der Waals surface area contributed by atoms with Gasteiger partial charge >= 0.3 is 0 Å². The van der Waals surface area contributed by atoms with Gasteiger partial charge in [0.1, 0.15) is 5.02 Å². The van der Waals surface area contributed by atoms with Gasteiger partial charge in [-0.15, -0.1) is 0 Å². The van der Waals surface area contributed by atoms with Gasteiger partial charge in [-0.1, -0.05) is 46.4 Å². The third kappa shape index (κ3) is 3.58. The number of aromatic nitrogens is 2. The maximum Gasteiger partial charge on any atom is 0.224 e. The topological polar surface area (TPSA) is 49.8 Å². The van der Waals surface area contributed by atoms with Gasteiger partial charge in [-0.2, -0.15) is 4.98 Å². The first-order valence-electron chi connectivity index (χ1n) is 5.69. The Bertz CT molecular complexity index is 633. The summed E-state index contributed by atoms with van der Waals surface area (Å²) < 4.78 is 0. The van der Waals surface area contributed by atoms with Crippen LogP contribution in [-0.4, -0.2) is 16.5 Å². The Morgan fingerprint density at radius 1 is 1.00 bits per heavy atom. The molecule has 2 rings (SSSR count). The van der Waals surface area contributed by atoms with Crippen LogP contribution in [0.2, 0.25) is 20.1 Å². The van der Waals surface area contributed by atoms with Gasteiger partial charge in [-0.25, -0.2) is 4.98 Å². The van der Waals surface area contributed by atoms with Crippen LogP contribution in [0.25, 0.3) is 0 Å². The average molecular weight is 352 g/mol. The Hall–Kier alpha value is -0.940. The van der Waals surface area contributed by atoms with Crippen LogP contribution < -0.4 is 10.6 Å². The molecule has 106 valence electrons. The number of halogens is 4. The molecule has 0 aliphatic carbocycles. The van der Waals surface area contributed by atoms with Crippen LogP contribution in [0.1, 0.15) is 6.92 Å². The minimum Gasteiger partial charge on any atom is -0.354 e. The highest BCUT2D eigenvalue weighted by Crippen LogP contribution is 2.34. The lowest BCUT2D eigenvalue weighted by Crippen LogP contribution is -2.04. The molecular formula is C12H10Cl4N4. The summed E-state index contributed by atoms with van der Waals surface area (Å²) in [5.74, 6) is 0.897. The highest BCUT2D eigenvalue weighted by atomic mass is 35.5. The second-order valence-corrected chi connectivity index (χ2v) is 5.42. The minimum absolute atomic E-state index is 0.369. The van der Waals surface area contributed by atoms with Crippen LogP contribution in [0.3, 0.4) is 0 Å². The Balaban J connectivity index is 2.34. The van der Waals surface area contributed by atoms with Gasteiger partial charge in [0.25, 0.3) is 0 Å². The second-order valence-electron chi connectivity index (χ2n) is 3.79. The van der Waals surface area contributed by atoms with Crippen LogP contribution >= 0.6 is 46.4 Å². The average Bonchev–Trinajstić information content (AvgIpc) is 2.40. The lowest BCUT2D eigenvalue weighted by molar-refractivity contribution is 1.09. The van der Waals surface area contributed by atoms with E-state index in [-0.39, 0.29) is 0 Å². The van der Waals surface area contributed by atoms with Crippen LogP contribution in [0.15, 0.2) is 18.3 Å². The fraction of sp³-hybridized carbons (Fsp3) is 0.167. The minimum atomic E-state index is 0.369. The molecule has 0 spiro atoms. The van der Waals surface area contributed by atoms with E-state index in [2.05, 4.69) is 20.6 Å². The fourth-order valence-corrected chi connectivity index (χ4v) is 2.18. The van der Waals surface area contributed by atoms with Gasteiger partial charge in [-0.3, -0.25) is 0 Å². The zero-order valence-corrected chi connectivity index (χ0v) is 13.4. The van der Waals surface area contributed by atoms with E-state index in [0.29, 0.717) is 44.1 Å². The highest BCUT2D eigenvalue weighted by Gasteiger charge is 2.10. The zero-order chi connectivity index (χ0) is 14.7. The molecule has 0 unspecified atom stereocenters. The van der Waals surface area contributed by atoms with Gasteiger partial charge in [0, 0.05) is 6.54 Å². The summed E-state index contributed by atoms with van der Waals surface area (Å²) in [4.78, 5) is 8.30. The molecule has 4 nitrogen and oxygen atoms in total. The molecule has 1 aromatic heterocycles. The van der Waals surface area contributed by atoms with Crippen LogP contribution in [0.5, 0.6) is 0 Å². The summed E-state index contributed by atoms with van der Waals surface area (Å²) in [6, 6.07) is 3.16. The molecule has 0 amide bonds. The largest absolute Gasteiger partial charge is 0.354 e. The number of nitrogens with zero attached hydrogens (tertiary/aromatic N) is 2. The van der Waals surface area contributed by atoms with Crippen molar-refractivity contribution in [3.63, 3.8) is 0 Å². The summed E-state index contributed by atoms with van der Waals surface area (Å²) in [5, 5.41) is 7.55. The van der Waals surface area contributed by atoms with Crippen molar-refractivity contribution in [1.29, 1.82) is 0 Å². The summed E-state index contributed by atoms with van der Waals surface area (Å²) in [6.07, 6.45) is 1.50. The number of benzene rings is 1. The van der Waals surface area contributed by atoms with Crippen molar-refractivity contribution in [2.24, 2.45) is 0 Å². The SMILES string of the molecule is CCNc1ncc(Cl)c(Nc2cc(Cl)c(Cl)cc2Cl)n1. The standard InChI is InChI=1S/C12H10Cl4N4/c1-2-17-12-18-5-9(16)11(20-12)19-10-4-7(14)6(13)3-8(10)15/h3-5H,2H2,1H3,(H2,17,18,19,20). The van der Waals surface area contributed by atoms with Crippen molar-refractivity contribution in [2.45, 2.75) is 6.92 Å². The van der Waals surface area contributed by atoms with E-state index in [1.165, 1.54) is 6.20 Å². The predicted octanol–water partition coefficient (Wildman–Crippen LogP) is 5.27. The normalized spacial score (nSPS) is 10.4. The maximum absolute atomic E-state index is 6.10. The predicted molar refractivity (Wildman–Crippen MR) is 86.0 cm³/mol. The molecule has 8 heteroatoms. The van der Waals surface area contributed by atoms with Crippen molar-refractivity contribution >= 4 is 63.9 Å². The van der Waals surface area contributed by atoms with Gasteiger partial charge in [0.15, 0.2) is 5.82 Å². The molecule has 20 heavy (non-hydrogen) atoms. The van der Waals surface area contributed by atoms with Gasteiger partial charge in [0.2, 0.25) is 5.95 Å². The molecule has 0 atom stereocenters. The molecular weight excluding hydrogens is 342 g/mol. The molecule has 0 aliphatic heterocycles. The van der Waals surface area contributed by atoms with Crippen LogP contribution in [-0.2, 0) is 0 Å². The molecule has 0 fully saturated rings. The maximum atomic E-state index is 6.10. The lowest BCUT2D eigenvalue weighted by atomic mass is 10.3. The van der Waals surface area contributed by atoms with E-state index < -0.39 is 0 Å². The molecule has 0 radical (unpaired) electrons. The lowest BCUT2D eigenvalue weighted by Gasteiger charge is -2.11. The molecule has 0 saturated heterocycles. The van der Waals surface area contributed by atoms with Crippen molar-refractivity contribution in [1.82, 2.24) is 9.97 Å². The Morgan fingerprint density at radius 2 is 1.70 bits per heavy atom. The Labute approximate surface area is 136 Å². The molecule has 2 N–H and O–H groups in total. The van der Waals surface area contributed by atoms with Crippen LogP contribution in [0, 0.1) is 0 Å². The summed E-state index contributed by atoms with van der Waals surface area (Å²) in [7, 11) is 0.